The van der Waals surface area contributed by atoms with Gasteiger partial charge in [-0.05, 0) is 30.7 Å². The van der Waals surface area contributed by atoms with Crippen LogP contribution in [0.2, 0.25) is 5.02 Å². The highest BCUT2D eigenvalue weighted by Crippen LogP contribution is 2.30. The lowest BCUT2D eigenvalue weighted by molar-refractivity contribution is -0.153. The Morgan fingerprint density at radius 2 is 1.72 bits per heavy atom. The van der Waals surface area contributed by atoms with Crippen LogP contribution in [-0.4, -0.2) is 52.9 Å². The van der Waals surface area contributed by atoms with Gasteiger partial charge < -0.3 is 10.0 Å². The molecule has 0 spiro atoms. The number of hydrogen-bond acceptors (Lipinski definition) is 5. The Hall–Kier alpha value is -4.01. The molecule has 2 atom stereocenters. The minimum absolute atomic E-state index is 0.0483. The largest absolute Gasteiger partial charge is 0.480 e. The van der Waals surface area contributed by atoms with Gasteiger partial charge in [0, 0.05) is 23.2 Å². The van der Waals surface area contributed by atoms with E-state index in [-0.39, 0.29) is 6.42 Å². The van der Waals surface area contributed by atoms with E-state index in [0.717, 1.165) is 10.6 Å². The molecule has 3 aromatic carbocycles. The molecule has 0 fully saturated rings. The Labute approximate surface area is 213 Å². The van der Waals surface area contributed by atoms with Gasteiger partial charge in [0.15, 0.2) is 6.17 Å². The summed E-state index contributed by atoms with van der Waals surface area (Å²) in [6.45, 7) is 1.37. The molecule has 1 aliphatic rings. The van der Waals surface area contributed by atoms with Crippen LogP contribution in [0, 0.1) is 0 Å². The van der Waals surface area contributed by atoms with Gasteiger partial charge in [-0.2, -0.15) is 5.43 Å². The van der Waals surface area contributed by atoms with E-state index >= 15 is 0 Å². The summed E-state index contributed by atoms with van der Waals surface area (Å²) in [6, 6.07) is 22.1. The highest BCUT2D eigenvalue weighted by Gasteiger charge is 2.35. The highest BCUT2D eigenvalue weighted by atomic mass is 35.5. The first-order valence-corrected chi connectivity index (χ1v) is 11.7. The van der Waals surface area contributed by atoms with E-state index < -0.39 is 30.0 Å². The van der Waals surface area contributed by atoms with Crippen molar-refractivity contribution in [1.29, 1.82) is 0 Å². The molecule has 8 nitrogen and oxygen atoms in total. The van der Waals surface area contributed by atoms with Crippen LogP contribution in [0.3, 0.4) is 0 Å². The van der Waals surface area contributed by atoms with Crippen molar-refractivity contribution in [1.82, 2.24) is 10.4 Å². The van der Waals surface area contributed by atoms with Gasteiger partial charge in [0.2, 0.25) is 5.91 Å². The second-order valence-corrected chi connectivity index (χ2v) is 8.81. The number of nitrogens with one attached hydrogen (secondary N) is 1. The van der Waals surface area contributed by atoms with Crippen molar-refractivity contribution in [3.05, 3.63) is 101 Å². The summed E-state index contributed by atoms with van der Waals surface area (Å²) in [6.07, 6.45) is -1.31. The van der Waals surface area contributed by atoms with Crippen molar-refractivity contribution < 1.29 is 19.5 Å². The normalized spacial score (nSPS) is 16.0. The zero-order valence-corrected chi connectivity index (χ0v) is 20.5. The molecule has 9 heteroatoms. The van der Waals surface area contributed by atoms with Crippen molar-refractivity contribution in [2.75, 3.05) is 11.9 Å². The van der Waals surface area contributed by atoms with E-state index in [4.69, 9.17) is 16.6 Å². The predicted octanol–water partition coefficient (Wildman–Crippen LogP) is 3.53. The minimum atomic E-state index is -1.27. The van der Waals surface area contributed by atoms with E-state index in [1.807, 2.05) is 36.4 Å². The standard InChI is InChI=1S/C27H25ClN4O4/c1-17(27(35)36)32(23(33)15-18-9-5-3-6-10-18)30-25-26(34)31(2)22-14-13-20(28)16-21(22)24(29-25)19-11-7-4-8-12-19/h3-14,16-17,25,30H,15H2,1-2H3,(H,35,36)/t17-,25?/m0/s1. The Morgan fingerprint density at radius 1 is 1.08 bits per heavy atom. The molecule has 0 bridgehead atoms. The fraction of sp³-hybridized carbons (Fsp3) is 0.185. The second-order valence-electron chi connectivity index (χ2n) is 8.37. The number of benzodiazepines with no additional fused rings is 1. The molecule has 0 saturated heterocycles. The number of aliphatic carboxylic acids is 1. The summed E-state index contributed by atoms with van der Waals surface area (Å²) in [5, 5.41) is 11.1. The van der Waals surface area contributed by atoms with Gasteiger partial charge in [0.1, 0.15) is 6.04 Å². The molecular formula is C27H25ClN4O4. The van der Waals surface area contributed by atoms with E-state index in [1.165, 1.54) is 11.8 Å². The lowest BCUT2D eigenvalue weighted by atomic mass is 10.0. The molecule has 36 heavy (non-hydrogen) atoms. The van der Waals surface area contributed by atoms with Crippen LogP contribution in [0.1, 0.15) is 23.6 Å². The van der Waals surface area contributed by atoms with Crippen LogP contribution in [0.15, 0.2) is 83.9 Å². The van der Waals surface area contributed by atoms with Crippen molar-refractivity contribution in [3.63, 3.8) is 0 Å². The monoisotopic (exact) mass is 504 g/mol. The molecule has 2 N–H and O–H groups in total. The zero-order valence-electron chi connectivity index (χ0n) is 19.8. The minimum Gasteiger partial charge on any atom is -0.480 e. The molecule has 184 valence electrons. The number of likely N-dealkylation sites (N-methyl/N-ethyl adjacent to an activating group) is 1. The maximum absolute atomic E-state index is 13.5. The van der Waals surface area contributed by atoms with Crippen LogP contribution in [0.4, 0.5) is 5.69 Å². The molecule has 2 amide bonds. The molecule has 3 aromatic rings. The number of halogens is 1. The quantitative estimate of drug-likeness (QED) is 0.479. The Kier molecular flexibility index (Phi) is 7.47. The third-order valence-corrected chi connectivity index (χ3v) is 6.15. The average Bonchev–Trinajstić information content (AvgIpc) is 2.97. The first-order valence-electron chi connectivity index (χ1n) is 11.3. The third kappa shape index (κ3) is 5.30. The number of aliphatic imine (C=N–C) groups is 1. The summed E-state index contributed by atoms with van der Waals surface area (Å²) >= 11 is 6.29. The molecular weight excluding hydrogens is 480 g/mol. The lowest BCUT2D eigenvalue weighted by Gasteiger charge is -2.30. The number of rotatable bonds is 7. The Balaban J connectivity index is 1.77. The number of anilines is 1. The first kappa shape index (κ1) is 25.1. The maximum Gasteiger partial charge on any atom is 0.327 e. The fourth-order valence-electron chi connectivity index (χ4n) is 3.95. The molecule has 4 rings (SSSR count). The van der Waals surface area contributed by atoms with Gasteiger partial charge in [-0.25, -0.2) is 4.79 Å². The molecule has 1 heterocycles. The van der Waals surface area contributed by atoms with Crippen molar-refractivity contribution >= 4 is 40.8 Å². The zero-order chi connectivity index (χ0) is 25.8. The van der Waals surface area contributed by atoms with Crippen LogP contribution in [0.5, 0.6) is 0 Å². The number of carbonyl (C=O) groups excluding carboxylic acids is 2. The summed E-state index contributed by atoms with van der Waals surface area (Å²) in [7, 11) is 1.60. The number of hydrogen-bond donors (Lipinski definition) is 2. The van der Waals surface area contributed by atoms with E-state index in [0.29, 0.717) is 27.5 Å². The van der Waals surface area contributed by atoms with E-state index in [2.05, 4.69) is 5.43 Å². The van der Waals surface area contributed by atoms with Gasteiger partial charge in [-0.3, -0.25) is 19.6 Å². The smallest absolute Gasteiger partial charge is 0.327 e. The summed E-state index contributed by atoms with van der Waals surface area (Å²) in [5.74, 6) is -2.19. The average molecular weight is 505 g/mol. The van der Waals surface area contributed by atoms with Crippen LogP contribution in [-0.2, 0) is 20.8 Å². The van der Waals surface area contributed by atoms with Gasteiger partial charge >= 0.3 is 5.97 Å². The molecule has 0 aliphatic carbocycles. The van der Waals surface area contributed by atoms with E-state index in [9.17, 15) is 19.5 Å². The van der Waals surface area contributed by atoms with Crippen molar-refractivity contribution in [2.24, 2.45) is 4.99 Å². The van der Waals surface area contributed by atoms with Crippen LogP contribution >= 0.6 is 11.6 Å². The molecule has 1 aliphatic heterocycles. The number of fused-ring (bicyclic) bond motifs is 1. The highest BCUT2D eigenvalue weighted by molar-refractivity contribution is 6.32. The van der Waals surface area contributed by atoms with E-state index in [1.54, 1.807) is 49.5 Å². The third-order valence-electron chi connectivity index (χ3n) is 5.92. The Bertz CT molecular complexity index is 1310. The predicted molar refractivity (Wildman–Crippen MR) is 138 cm³/mol. The lowest BCUT2D eigenvalue weighted by Crippen LogP contribution is -2.58. The number of nitrogens with zero attached hydrogens (tertiary/aromatic N) is 3. The summed E-state index contributed by atoms with van der Waals surface area (Å²) in [4.78, 5) is 44.7. The molecule has 0 radical (unpaired) electrons. The number of carboxylic acids is 1. The van der Waals surface area contributed by atoms with Gasteiger partial charge in [0.05, 0.1) is 17.8 Å². The Morgan fingerprint density at radius 3 is 2.36 bits per heavy atom. The number of carbonyl (C=O) groups is 3. The van der Waals surface area contributed by atoms with Crippen molar-refractivity contribution in [3.8, 4) is 0 Å². The number of benzene rings is 3. The maximum atomic E-state index is 13.5. The molecule has 0 saturated carbocycles. The fourth-order valence-corrected chi connectivity index (χ4v) is 4.13. The van der Waals surface area contributed by atoms with Crippen LogP contribution in [0.25, 0.3) is 0 Å². The number of carboxylic acid groups (broad SMARTS) is 1. The topological polar surface area (TPSA) is 102 Å². The molecule has 0 aromatic heterocycles. The number of amides is 2. The van der Waals surface area contributed by atoms with Gasteiger partial charge in [-0.15, -0.1) is 0 Å². The number of hydrazine groups is 1. The van der Waals surface area contributed by atoms with Crippen molar-refractivity contribution in [2.45, 2.75) is 25.6 Å². The molecule has 1 unspecified atom stereocenters. The first-order chi connectivity index (χ1) is 17.3. The second kappa shape index (κ2) is 10.7. The van der Waals surface area contributed by atoms with Gasteiger partial charge in [0.25, 0.3) is 5.91 Å². The van der Waals surface area contributed by atoms with Gasteiger partial charge in [-0.1, -0.05) is 72.3 Å². The van der Waals surface area contributed by atoms with Crippen LogP contribution < -0.4 is 10.3 Å². The summed E-state index contributed by atoms with van der Waals surface area (Å²) < 4.78 is 0. The SMILES string of the molecule is C[C@@H](C(=O)O)N(NC1N=C(c2ccccc2)c2cc(Cl)ccc2N(C)C1=O)C(=O)Cc1ccccc1. The summed E-state index contributed by atoms with van der Waals surface area (Å²) in [5.41, 5.74) is 5.99.